The molecule has 1 saturated heterocycles. The molecule has 1 heterocycles. The minimum absolute atomic E-state index is 0.0338. The van der Waals surface area contributed by atoms with Gasteiger partial charge in [0.25, 0.3) is 0 Å². The molecule has 1 aromatic rings. The number of hydrogen-bond donors (Lipinski definition) is 2. The molecule has 27 heavy (non-hydrogen) atoms. The summed E-state index contributed by atoms with van der Waals surface area (Å²) < 4.78 is 11.2. The van der Waals surface area contributed by atoms with Crippen LogP contribution >= 0.6 is 11.6 Å². The van der Waals surface area contributed by atoms with Crippen LogP contribution in [0.4, 0.5) is 0 Å². The van der Waals surface area contributed by atoms with Crippen LogP contribution in [0.3, 0.4) is 0 Å². The fourth-order valence-corrected chi connectivity index (χ4v) is 2.95. The van der Waals surface area contributed by atoms with Crippen molar-refractivity contribution >= 4 is 23.5 Å². The molecule has 1 unspecified atom stereocenters. The number of hydrogen-bond acceptors (Lipinski definition) is 6. The molecule has 1 atom stereocenters. The van der Waals surface area contributed by atoms with E-state index < -0.39 is 5.97 Å². The molecular formula is C18H26ClN3O5. The molecule has 0 saturated carbocycles. The Morgan fingerprint density at radius 2 is 2.15 bits per heavy atom. The van der Waals surface area contributed by atoms with Crippen LogP contribution in [-0.2, 0) is 14.3 Å². The standard InChI is InChI=1S/C18H26ClN3O5/c1-21(13-18(24)25)10-16-11-22(7-9-27-16)12-17(23)20-6-8-26-15-4-2-14(19)3-5-15/h2-5,16H,6-13H2,1H3,(H,20,23)(H,24,25). The van der Waals surface area contributed by atoms with E-state index in [1.54, 1.807) is 36.2 Å². The second-order valence-electron chi connectivity index (χ2n) is 6.47. The molecule has 0 spiro atoms. The zero-order chi connectivity index (χ0) is 19.6. The highest BCUT2D eigenvalue weighted by Crippen LogP contribution is 2.15. The van der Waals surface area contributed by atoms with Gasteiger partial charge < -0.3 is 19.9 Å². The van der Waals surface area contributed by atoms with E-state index in [9.17, 15) is 9.59 Å². The first-order valence-electron chi connectivity index (χ1n) is 8.81. The Morgan fingerprint density at radius 3 is 2.85 bits per heavy atom. The summed E-state index contributed by atoms with van der Waals surface area (Å²) in [5.41, 5.74) is 0. The van der Waals surface area contributed by atoms with Crippen molar-refractivity contribution < 1.29 is 24.2 Å². The number of halogens is 1. The van der Waals surface area contributed by atoms with Crippen LogP contribution in [0.1, 0.15) is 0 Å². The number of ether oxygens (including phenoxy) is 2. The zero-order valence-corrected chi connectivity index (χ0v) is 16.2. The average Bonchev–Trinajstić information content (AvgIpc) is 2.60. The molecule has 2 rings (SSSR count). The lowest BCUT2D eigenvalue weighted by Crippen LogP contribution is -2.50. The molecule has 0 aliphatic carbocycles. The van der Waals surface area contributed by atoms with E-state index in [4.69, 9.17) is 26.2 Å². The third-order valence-corrected chi connectivity index (χ3v) is 4.27. The van der Waals surface area contributed by atoms with E-state index in [2.05, 4.69) is 5.32 Å². The Hall–Kier alpha value is -1.87. The summed E-state index contributed by atoms with van der Waals surface area (Å²) in [6, 6.07) is 7.05. The van der Waals surface area contributed by atoms with Crippen LogP contribution in [0.5, 0.6) is 5.75 Å². The average molecular weight is 400 g/mol. The molecule has 1 amide bonds. The number of amides is 1. The summed E-state index contributed by atoms with van der Waals surface area (Å²) in [4.78, 5) is 26.5. The maximum atomic E-state index is 12.1. The fraction of sp³-hybridized carbons (Fsp3) is 0.556. The van der Waals surface area contributed by atoms with Gasteiger partial charge in [-0.25, -0.2) is 0 Å². The minimum atomic E-state index is -0.870. The molecule has 1 aromatic carbocycles. The second kappa shape index (κ2) is 11.1. The molecule has 0 bridgehead atoms. The molecule has 0 aromatic heterocycles. The van der Waals surface area contributed by atoms with Gasteiger partial charge in [0, 0.05) is 24.7 Å². The fourth-order valence-electron chi connectivity index (χ4n) is 2.83. The summed E-state index contributed by atoms with van der Waals surface area (Å²) in [7, 11) is 1.74. The first kappa shape index (κ1) is 21.4. The second-order valence-corrected chi connectivity index (χ2v) is 6.91. The number of carboxylic acid groups (broad SMARTS) is 1. The summed E-state index contributed by atoms with van der Waals surface area (Å²) >= 11 is 5.81. The minimum Gasteiger partial charge on any atom is -0.492 e. The van der Waals surface area contributed by atoms with Gasteiger partial charge in [-0.05, 0) is 31.3 Å². The highest BCUT2D eigenvalue weighted by molar-refractivity contribution is 6.30. The Kier molecular flexibility index (Phi) is 8.80. The summed E-state index contributed by atoms with van der Waals surface area (Å²) in [5, 5.41) is 12.3. The molecule has 1 fully saturated rings. The van der Waals surface area contributed by atoms with Crippen LogP contribution in [0.25, 0.3) is 0 Å². The number of morpholine rings is 1. The molecule has 0 radical (unpaired) electrons. The monoisotopic (exact) mass is 399 g/mol. The van der Waals surface area contributed by atoms with Gasteiger partial charge in [0.15, 0.2) is 0 Å². The van der Waals surface area contributed by atoms with Crippen LogP contribution < -0.4 is 10.1 Å². The molecule has 2 N–H and O–H groups in total. The van der Waals surface area contributed by atoms with Crippen molar-refractivity contribution in [3.8, 4) is 5.75 Å². The van der Waals surface area contributed by atoms with E-state index >= 15 is 0 Å². The molecule has 1 aliphatic rings. The molecule has 150 valence electrons. The number of benzene rings is 1. The predicted octanol–water partition coefficient (Wildman–Crippen LogP) is 0.552. The quantitative estimate of drug-likeness (QED) is 0.555. The van der Waals surface area contributed by atoms with Crippen LogP contribution in [0, 0.1) is 0 Å². The third-order valence-electron chi connectivity index (χ3n) is 4.02. The van der Waals surface area contributed by atoms with Gasteiger partial charge in [-0.2, -0.15) is 0 Å². The zero-order valence-electron chi connectivity index (χ0n) is 15.4. The van der Waals surface area contributed by atoms with Gasteiger partial charge in [0.1, 0.15) is 12.4 Å². The topological polar surface area (TPSA) is 91.3 Å². The predicted molar refractivity (Wildman–Crippen MR) is 101 cm³/mol. The van der Waals surface area contributed by atoms with E-state index in [0.717, 1.165) is 0 Å². The third kappa shape index (κ3) is 8.57. The number of carbonyl (C=O) groups is 2. The maximum absolute atomic E-state index is 12.1. The normalized spacial score (nSPS) is 17.7. The Labute approximate surface area is 164 Å². The largest absolute Gasteiger partial charge is 0.492 e. The highest BCUT2D eigenvalue weighted by atomic mass is 35.5. The molecule has 9 heteroatoms. The van der Waals surface area contributed by atoms with Crippen LogP contribution in [-0.4, -0.2) is 92.4 Å². The number of likely N-dealkylation sites (N-methyl/N-ethyl adjacent to an activating group) is 1. The lowest BCUT2D eigenvalue weighted by Gasteiger charge is -2.34. The van der Waals surface area contributed by atoms with Crippen molar-refractivity contribution in [3.63, 3.8) is 0 Å². The number of nitrogens with zero attached hydrogens (tertiary/aromatic N) is 2. The number of rotatable bonds is 10. The van der Waals surface area contributed by atoms with Crippen LogP contribution in [0.15, 0.2) is 24.3 Å². The SMILES string of the molecule is CN(CC(=O)O)CC1CN(CC(=O)NCCOc2ccc(Cl)cc2)CCO1. The van der Waals surface area contributed by atoms with Crippen molar-refractivity contribution in [1.29, 1.82) is 0 Å². The number of carboxylic acids is 1. The van der Waals surface area contributed by atoms with Gasteiger partial charge in [-0.3, -0.25) is 19.4 Å². The Bertz CT molecular complexity index is 614. The van der Waals surface area contributed by atoms with Crippen molar-refractivity contribution in [2.45, 2.75) is 6.10 Å². The van der Waals surface area contributed by atoms with E-state index in [0.29, 0.717) is 50.2 Å². The van der Waals surface area contributed by atoms with Crippen molar-refractivity contribution in [2.75, 3.05) is 59.5 Å². The van der Waals surface area contributed by atoms with Crippen LogP contribution in [0.2, 0.25) is 5.02 Å². The smallest absolute Gasteiger partial charge is 0.317 e. The first-order chi connectivity index (χ1) is 12.9. The van der Waals surface area contributed by atoms with Gasteiger partial charge >= 0.3 is 5.97 Å². The summed E-state index contributed by atoms with van der Waals surface area (Å²) in [6.45, 7) is 3.34. The Balaban J connectivity index is 1.62. The summed E-state index contributed by atoms with van der Waals surface area (Å²) in [5.74, 6) is -0.241. The van der Waals surface area contributed by atoms with Gasteiger partial charge in [0.05, 0.1) is 32.3 Å². The number of carbonyl (C=O) groups excluding carboxylic acids is 1. The highest BCUT2D eigenvalue weighted by Gasteiger charge is 2.23. The lowest BCUT2D eigenvalue weighted by atomic mass is 10.2. The van der Waals surface area contributed by atoms with E-state index in [1.807, 2.05) is 4.90 Å². The van der Waals surface area contributed by atoms with Crippen molar-refractivity contribution in [3.05, 3.63) is 29.3 Å². The number of nitrogens with one attached hydrogen (secondary N) is 1. The molecular weight excluding hydrogens is 374 g/mol. The number of aliphatic carboxylic acids is 1. The maximum Gasteiger partial charge on any atom is 0.317 e. The van der Waals surface area contributed by atoms with Crippen molar-refractivity contribution in [2.24, 2.45) is 0 Å². The lowest BCUT2D eigenvalue weighted by molar-refractivity contribution is -0.138. The van der Waals surface area contributed by atoms with Gasteiger partial charge in [-0.15, -0.1) is 0 Å². The van der Waals surface area contributed by atoms with Crippen molar-refractivity contribution in [1.82, 2.24) is 15.1 Å². The summed E-state index contributed by atoms with van der Waals surface area (Å²) in [6.07, 6.45) is -0.107. The van der Waals surface area contributed by atoms with Gasteiger partial charge in [-0.1, -0.05) is 11.6 Å². The first-order valence-corrected chi connectivity index (χ1v) is 9.19. The molecule has 8 nitrogen and oxygen atoms in total. The Morgan fingerprint density at radius 1 is 1.41 bits per heavy atom. The van der Waals surface area contributed by atoms with Gasteiger partial charge in [0.2, 0.25) is 5.91 Å². The van der Waals surface area contributed by atoms with E-state index in [-0.39, 0.29) is 25.1 Å². The molecule has 1 aliphatic heterocycles. The van der Waals surface area contributed by atoms with E-state index in [1.165, 1.54) is 0 Å².